The van der Waals surface area contributed by atoms with Crippen molar-refractivity contribution in [3.63, 3.8) is 0 Å². The fraction of sp³-hybridized carbons (Fsp3) is 0.550. The Balaban J connectivity index is 1.82. The van der Waals surface area contributed by atoms with Crippen LogP contribution in [0.15, 0.2) is 30.6 Å². The number of hydrogen-bond donors (Lipinski definition) is 1. The summed E-state index contributed by atoms with van der Waals surface area (Å²) in [6.45, 7) is 10.1. The molecule has 9 heteroatoms. The summed E-state index contributed by atoms with van der Waals surface area (Å²) in [5.74, 6) is 0.151. The predicted octanol–water partition coefficient (Wildman–Crippen LogP) is 3.86. The Morgan fingerprint density at radius 1 is 1.10 bits per heavy atom. The number of aromatic nitrogens is 3. The van der Waals surface area contributed by atoms with Gasteiger partial charge in [-0.3, -0.25) is 9.88 Å². The zero-order valence-electron chi connectivity index (χ0n) is 17.0. The Morgan fingerprint density at radius 2 is 1.72 bits per heavy atom. The number of hydrogen-bond acceptors (Lipinski definition) is 6. The van der Waals surface area contributed by atoms with Crippen molar-refractivity contribution in [3.05, 3.63) is 36.3 Å². The number of nitrogens with zero attached hydrogens (tertiary/aromatic N) is 4. The van der Waals surface area contributed by atoms with E-state index in [0.29, 0.717) is 12.1 Å². The highest BCUT2D eigenvalue weighted by Gasteiger charge is 2.35. The molecule has 6 nitrogen and oxygen atoms in total. The third kappa shape index (κ3) is 5.42. The van der Waals surface area contributed by atoms with Crippen LogP contribution in [-0.2, 0) is 10.9 Å². The van der Waals surface area contributed by atoms with Crippen molar-refractivity contribution in [1.82, 2.24) is 19.9 Å². The molecule has 3 rings (SSSR count). The van der Waals surface area contributed by atoms with Crippen LogP contribution in [0.1, 0.15) is 33.4 Å². The molecule has 158 valence electrons. The Bertz CT molecular complexity index is 819. The zero-order chi connectivity index (χ0) is 21.2. The van der Waals surface area contributed by atoms with Gasteiger partial charge in [0.1, 0.15) is 5.82 Å². The molecule has 2 unspecified atom stereocenters. The second-order valence-corrected chi connectivity index (χ2v) is 8.02. The van der Waals surface area contributed by atoms with Gasteiger partial charge in [0, 0.05) is 49.2 Å². The van der Waals surface area contributed by atoms with Crippen molar-refractivity contribution < 1.29 is 17.9 Å². The van der Waals surface area contributed by atoms with Crippen molar-refractivity contribution in [1.29, 1.82) is 0 Å². The molecule has 2 atom stereocenters. The summed E-state index contributed by atoms with van der Waals surface area (Å²) in [5, 5.41) is 3.09. The summed E-state index contributed by atoms with van der Waals surface area (Å²) in [6, 6.07) is 4.12. The Hall–Kier alpha value is -2.26. The van der Waals surface area contributed by atoms with Crippen LogP contribution in [0.25, 0.3) is 11.4 Å². The average Bonchev–Trinajstić information content (AvgIpc) is 2.65. The van der Waals surface area contributed by atoms with Crippen molar-refractivity contribution in [2.75, 3.05) is 25.0 Å². The Labute approximate surface area is 168 Å². The molecule has 1 aliphatic heterocycles. The molecule has 0 spiro atoms. The van der Waals surface area contributed by atoms with E-state index in [2.05, 4.69) is 39.0 Å². The molecule has 3 heterocycles. The summed E-state index contributed by atoms with van der Waals surface area (Å²) < 4.78 is 45.9. The number of alkyl halides is 3. The van der Waals surface area contributed by atoms with Crippen LogP contribution in [0.5, 0.6) is 0 Å². The minimum absolute atomic E-state index is 0.0103. The lowest BCUT2D eigenvalue weighted by atomic mass is 10.00. The van der Waals surface area contributed by atoms with Crippen molar-refractivity contribution >= 4 is 5.82 Å². The molecule has 1 N–H and O–H groups in total. The maximum Gasteiger partial charge on any atom is 0.433 e. The molecule has 0 aliphatic carbocycles. The SMILES string of the molecule is CC1CN(C(C)(C)CNc2cc(C(F)(F)F)nc(-c3ccncc3)n2)CC(C)O1. The van der Waals surface area contributed by atoms with Gasteiger partial charge in [-0.05, 0) is 39.8 Å². The van der Waals surface area contributed by atoms with Crippen LogP contribution >= 0.6 is 0 Å². The van der Waals surface area contributed by atoms with E-state index in [1.54, 1.807) is 12.1 Å². The van der Waals surface area contributed by atoms with Gasteiger partial charge >= 0.3 is 6.18 Å². The lowest BCUT2D eigenvalue weighted by molar-refractivity contribution is -0.141. The first kappa shape index (κ1) is 21.4. The molecule has 2 aromatic rings. The fourth-order valence-electron chi connectivity index (χ4n) is 3.40. The molecule has 29 heavy (non-hydrogen) atoms. The molecule has 0 amide bonds. The molecule has 0 bridgehead atoms. The first-order chi connectivity index (χ1) is 13.5. The zero-order valence-corrected chi connectivity index (χ0v) is 17.0. The number of ether oxygens (including phenoxy) is 1. The van der Waals surface area contributed by atoms with Crippen LogP contribution in [0, 0.1) is 0 Å². The molecule has 1 saturated heterocycles. The van der Waals surface area contributed by atoms with E-state index in [9.17, 15) is 13.2 Å². The first-order valence-corrected chi connectivity index (χ1v) is 9.55. The monoisotopic (exact) mass is 409 g/mol. The summed E-state index contributed by atoms with van der Waals surface area (Å²) in [7, 11) is 0. The second-order valence-electron chi connectivity index (χ2n) is 8.02. The van der Waals surface area contributed by atoms with Gasteiger partial charge in [-0.1, -0.05) is 0 Å². The molecule has 0 aromatic carbocycles. The van der Waals surface area contributed by atoms with Gasteiger partial charge in [0.2, 0.25) is 0 Å². The third-order valence-corrected chi connectivity index (χ3v) is 4.93. The van der Waals surface area contributed by atoms with Gasteiger partial charge in [-0.25, -0.2) is 9.97 Å². The van der Waals surface area contributed by atoms with E-state index in [1.807, 2.05) is 13.8 Å². The number of morpholine rings is 1. The van der Waals surface area contributed by atoms with Gasteiger partial charge in [-0.2, -0.15) is 13.2 Å². The third-order valence-electron chi connectivity index (χ3n) is 4.93. The number of halogens is 3. The normalized spacial score (nSPS) is 21.2. The lowest BCUT2D eigenvalue weighted by Crippen LogP contribution is -2.57. The molecule has 1 fully saturated rings. The van der Waals surface area contributed by atoms with Crippen LogP contribution in [0.4, 0.5) is 19.0 Å². The average molecular weight is 409 g/mol. The van der Waals surface area contributed by atoms with E-state index < -0.39 is 11.9 Å². The summed E-state index contributed by atoms with van der Waals surface area (Å²) in [4.78, 5) is 14.2. The first-order valence-electron chi connectivity index (χ1n) is 9.55. The van der Waals surface area contributed by atoms with E-state index in [0.717, 1.165) is 19.2 Å². The minimum Gasteiger partial charge on any atom is -0.373 e. The molecule has 0 saturated carbocycles. The molecule has 1 aliphatic rings. The summed E-state index contributed by atoms with van der Waals surface area (Å²) >= 11 is 0. The van der Waals surface area contributed by atoms with Gasteiger partial charge in [0.05, 0.1) is 12.2 Å². The van der Waals surface area contributed by atoms with Gasteiger partial charge in [-0.15, -0.1) is 0 Å². The van der Waals surface area contributed by atoms with Gasteiger partial charge in [0.25, 0.3) is 0 Å². The van der Waals surface area contributed by atoms with Gasteiger partial charge < -0.3 is 10.1 Å². The van der Waals surface area contributed by atoms with Crippen LogP contribution < -0.4 is 5.32 Å². The maximum atomic E-state index is 13.4. The number of pyridine rings is 1. The highest BCUT2D eigenvalue weighted by molar-refractivity contribution is 5.57. The van der Waals surface area contributed by atoms with Crippen molar-refractivity contribution in [2.45, 2.75) is 51.6 Å². The summed E-state index contributed by atoms with van der Waals surface area (Å²) in [6.07, 6.45) is -1.36. The topological polar surface area (TPSA) is 63.2 Å². The molecular formula is C20H26F3N5O. The summed E-state index contributed by atoms with van der Waals surface area (Å²) in [5.41, 5.74) is -0.801. The smallest absolute Gasteiger partial charge is 0.373 e. The van der Waals surface area contributed by atoms with Crippen molar-refractivity contribution in [3.8, 4) is 11.4 Å². The molecular weight excluding hydrogens is 383 g/mol. The highest BCUT2D eigenvalue weighted by Crippen LogP contribution is 2.31. The Kier molecular flexibility index (Phi) is 6.09. The largest absolute Gasteiger partial charge is 0.433 e. The van der Waals surface area contributed by atoms with E-state index in [1.165, 1.54) is 12.4 Å². The Morgan fingerprint density at radius 3 is 2.31 bits per heavy atom. The van der Waals surface area contributed by atoms with Crippen LogP contribution in [0.2, 0.25) is 0 Å². The van der Waals surface area contributed by atoms with E-state index in [4.69, 9.17) is 4.74 Å². The fourth-order valence-corrected chi connectivity index (χ4v) is 3.40. The van der Waals surface area contributed by atoms with Crippen molar-refractivity contribution in [2.24, 2.45) is 0 Å². The standard InChI is InChI=1S/C20H26F3N5O/c1-13-10-28(11-14(2)29-13)19(3,4)12-25-17-9-16(20(21,22)23)26-18(27-17)15-5-7-24-8-6-15/h5-9,13-14H,10-12H2,1-4H3,(H,25,26,27). The number of rotatable bonds is 5. The maximum absolute atomic E-state index is 13.4. The van der Waals surface area contributed by atoms with E-state index >= 15 is 0 Å². The van der Waals surface area contributed by atoms with Gasteiger partial charge in [0.15, 0.2) is 11.5 Å². The lowest BCUT2D eigenvalue weighted by Gasteiger charge is -2.45. The molecule has 0 radical (unpaired) electrons. The second kappa shape index (κ2) is 8.23. The quantitative estimate of drug-likeness (QED) is 0.809. The molecule has 2 aromatic heterocycles. The minimum atomic E-state index is -4.56. The van der Waals surface area contributed by atoms with E-state index in [-0.39, 0.29) is 29.4 Å². The number of nitrogens with one attached hydrogen (secondary N) is 1. The predicted molar refractivity (Wildman–Crippen MR) is 104 cm³/mol. The van der Waals surface area contributed by atoms with Crippen LogP contribution in [0.3, 0.4) is 0 Å². The highest BCUT2D eigenvalue weighted by atomic mass is 19.4. The number of anilines is 1. The van der Waals surface area contributed by atoms with Crippen LogP contribution in [-0.4, -0.2) is 57.2 Å².